The Bertz CT molecular complexity index is 2370. The molecule has 4 heteroatoms. The Labute approximate surface area is 269 Å². The van der Waals surface area contributed by atoms with Crippen molar-refractivity contribution in [3.63, 3.8) is 0 Å². The van der Waals surface area contributed by atoms with Crippen LogP contribution in [0.3, 0.4) is 0 Å². The molecule has 0 aliphatic rings. The molecule has 0 aliphatic carbocycles. The number of rotatable bonds is 6. The van der Waals surface area contributed by atoms with Crippen LogP contribution in [0.2, 0.25) is 0 Å². The number of hydrogen-bond acceptors (Lipinski definition) is 2. The number of ether oxygens (including phenoxy) is 2. The van der Waals surface area contributed by atoms with Crippen LogP contribution in [0.5, 0.6) is 11.5 Å². The molecule has 0 bridgehead atoms. The Morgan fingerprint density at radius 2 is 0.978 bits per heavy atom. The van der Waals surface area contributed by atoms with E-state index in [9.17, 15) is 0 Å². The van der Waals surface area contributed by atoms with E-state index in [1.54, 1.807) is 7.11 Å². The third kappa shape index (κ3) is 4.60. The zero-order valence-electron chi connectivity index (χ0n) is 26.9. The summed E-state index contributed by atoms with van der Waals surface area (Å²) in [5, 5.41) is 5.02. The van der Waals surface area contributed by atoms with Gasteiger partial charge in [-0.1, -0.05) is 41.5 Å². The van der Waals surface area contributed by atoms with Gasteiger partial charge in [-0.05, 0) is 129 Å². The molecule has 0 atom stereocenters. The fourth-order valence-electron chi connectivity index (χ4n) is 7.00. The van der Waals surface area contributed by atoms with Crippen LogP contribution in [0.1, 0.15) is 27.8 Å². The molecule has 0 saturated heterocycles. The van der Waals surface area contributed by atoms with Crippen molar-refractivity contribution < 1.29 is 9.47 Å². The van der Waals surface area contributed by atoms with Gasteiger partial charge in [-0.15, -0.1) is 0 Å². The normalized spacial score (nSPS) is 11.7. The molecule has 0 saturated carbocycles. The Morgan fingerprint density at radius 3 is 1.59 bits per heavy atom. The molecule has 0 amide bonds. The van der Waals surface area contributed by atoms with Crippen LogP contribution in [-0.4, -0.2) is 16.2 Å². The van der Waals surface area contributed by atoms with E-state index in [0.717, 1.165) is 22.9 Å². The van der Waals surface area contributed by atoms with E-state index in [-0.39, 0.29) is 0 Å². The molecular formula is C42H36N2O2. The van der Waals surface area contributed by atoms with Crippen molar-refractivity contribution in [2.75, 3.05) is 7.11 Å². The zero-order chi connectivity index (χ0) is 31.5. The number of fused-ring (bicyclic) bond motifs is 6. The molecular weight excluding hydrogens is 564 g/mol. The van der Waals surface area contributed by atoms with Crippen LogP contribution in [0.15, 0.2) is 115 Å². The molecule has 4 nitrogen and oxygen atoms in total. The summed E-state index contributed by atoms with van der Waals surface area (Å²) in [6, 6.07) is 41.5. The number of hydrogen-bond donors (Lipinski definition) is 0. The molecule has 6 aromatic carbocycles. The van der Waals surface area contributed by atoms with Gasteiger partial charge in [0.05, 0.1) is 29.2 Å². The van der Waals surface area contributed by atoms with Gasteiger partial charge in [-0.3, -0.25) is 0 Å². The smallest absolute Gasteiger partial charge is 0.119 e. The van der Waals surface area contributed by atoms with E-state index in [4.69, 9.17) is 9.47 Å². The van der Waals surface area contributed by atoms with Gasteiger partial charge in [0.2, 0.25) is 0 Å². The molecule has 0 spiro atoms. The maximum atomic E-state index is 6.52. The van der Waals surface area contributed by atoms with Crippen LogP contribution in [-0.2, 0) is 6.61 Å². The number of aromatic nitrogens is 2. The third-order valence-corrected chi connectivity index (χ3v) is 9.14. The topological polar surface area (TPSA) is 28.3 Å². The van der Waals surface area contributed by atoms with Crippen molar-refractivity contribution in [1.82, 2.24) is 9.13 Å². The first-order valence-corrected chi connectivity index (χ1v) is 15.8. The number of nitrogens with zero attached hydrogens (tertiary/aromatic N) is 2. The maximum Gasteiger partial charge on any atom is 0.119 e. The second kappa shape index (κ2) is 10.8. The summed E-state index contributed by atoms with van der Waals surface area (Å²) >= 11 is 0. The highest BCUT2D eigenvalue weighted by Crippen LogP contribution is 2.37. The van der Waals surface area contributed by atoms with Crippen LogP contribution < -0.4 is 9.47 Å². The Hall–Kier alpha value is -5.48. The molecule has 2 heterocycles. The summed E-state index contributed by atoms with van der Waals surface area (Å²) in [6.07, 6.45) is 0. The molecule has 0 unspecified atom stereocenters. The second-order valence-electron chi connectivity index (χ2n) is 12.5. The van der Waals surface area contributed by atoms with Gasteiger partial charge in [-0.25, -0.2) is 0 Å². The summed E-state index contributed by atoms with van der Waals surface area (Å²) in [5.41, 5.74) is 13.2. The quantitative estimate of drug-likeness (QED) is 0.190. The van der Waals surface area contributed by atoms with Crippen molar-refractivity contribution in [3.05, 3.63) is 143 Å². The fourth-order valence-corrected chi connectivity index (χ4v) is 7.00. The molecule has 0 radical (unpaired) electrons. The zero-order valence-corrected chi connectivity index (χ0v) is 26.9. The Kier molecular flexibility index (Phi) is 6.61. The number of aryl methyl sites for hydroxylation is 4. The highest BCUT2D eigenvalue weighted by molar-refractivity contribution is 6.11. The second-order valence-corrected chi connectivity index (χ2v) is 12.5. The standard InChI is InChI=1S/C42H36N2O2/c1-26-7-18-38-36(21-26)37-22-27(2)8-19-39(37)43(38)31-11-15-34(16-12-31)46-25-30-20-29(4)24-41-42(30)35-17-6-28(3)23-40(35)44(41)32-9-13-33(45-5)14-10-32/h6-24H,25H2,1-5H3. The highest BCUT2D eigenvalue weighted by atomic mass is 16.5. The number of benzene rings is 6. The van der Waals surface area contributed by atoms with Gasteiger partial charge in [0.15, 0.2) is 0 Å². The summed E-state index contributed by atoms with van der Waals surface area (Å²) in [5.74, 6) is 1.70. The van der Waals surface area contributed by atoms with Crippen LogP contribution >= 0.6 is 0 Å². The molecule has 8 aromatic rings. The van der Waals surface area contributed by atoms with Crippen molar-refractivity contribution >= 4 is 43.6 Å². The number of methoxy groups -OCH3 is 1. The first kappa shape index (κ1) is 28.0. The van der Waals surface area contributed by atoms with Crippen LogP contribution in [0.25, 0.3) is 55.0 Å². The van der Waals surface area contributed by atoms with E-state index in [1.165, 1.54) is 71.4 Å². The molecule has 8 rings (SSSR count). The van der Waals surface area contributed by atoms with E-state index >= 15 is 0 Å². The Balaban J connectivity index is 1.17. The average molecular weight is 601 g/mol. The lowest BCUT2D eigenvalue weighted by Gasteiger charge is -2.13. The lowest BCUT2D eigenvalue weighted by Crippen LogP contribution is -1.99. The van der Waals surface area contributed by atoms with Gasteiger partial charge in [0.1, 0.15) is 18.1 Å². The van der Waals surface area contributed by atoms with Crippen molar-refractivity contribution in [3.8, 4) is 22.9 Å². The summed E-state index contributed by atoms with van der Waals surface area (Å²) in [6.45, 7) is 9.10. The molecule has 0 fully saturated rings. The molecule has 46 heavy (non-hydrogen) atoms. The first-order valence-electron chi connectivity index (χ1n) is 15.8. The minimum Gasteiger partial charge on any atom is -0.497 e. The summed E-state index contributed by atoms with van der Waals surface area (Å²) in [7, 11) is 1.70. The van der Waals surface area contributed by atoms with Crippen molar-refractivity contribution in [1.29, 1.82) is 0 Å². The van der Waals surface area contributed by atoms with Crippen molar-refractivity contribution in [2.24, 2.45) is 0 Å². The average Bonchev–Trinajstić information content (AvgIpc) is 3.55. The molecule has 226 valence electrons. The predicted octanol–water partition coefficient (Wildman–Crippen LogP) is 10.7. The SMILES string of the molecule is COc1ccc(-n2c3cc(C)ccc3c3c(COc4ccc(-n5c6ccc(C)cc6c6cc(C)ccc65)cc4)cc(C)cc32)cc1. The lowest BCUT2D eigenvalue weighted by molar-refractivity contribution is 0.307. The molecule has 0 aliphatic heterocycles. The van der Waals surface area contributed by atoms with Gasteiger partial charge in [-0.2, -0.15) is 0 Å². The van der Waals surface area contributed by atoms with Gasteiger partial charge in [0, 0.05) is 32.9 Å². The minimum atomic E-state index is 0.473. The van der Waals surface area contributed by atoms with Crippen LogP contribution in [0, 0.1) is 27.7 Å². The largest absolute Gasteiger partial charge is 0.497 e. The lowest BCUT2D eigenvalue weighted by atomic mass is 10.0. The fraction of sp³-hybridized carbons (Fsp3) is 0.143. The third-order valence-electron chi connectivity index (χ3n) is 9.14. The monoisotopic (exact) mass is 600 g/mol. The van der Waals surface area contributed by atoms with Gasteiger partial charge >= 0.3 is 0 Å². The van der Waals surface area contributed by atoms with E-state index < -0.39 is 0 Å². The van der Waals surface area contributed by atoms with E-state index in [2.05, 4.69) is 140 Å². The minimum absolute atomic E-state index is 0.473. The Morgan fingerprint density at radius 1 is 0.457 bits per heavy atom. The van der Waals surface area contributed by atoms with E-state index in [1.807, 2.05) is 12.1 Å². The van der Waals surface area contributed by atoms with Crippen molar-refractivity contribution in [2.45, 2.75) is 34.3 Å². The highest BCUT2D eigenvalue weighted by Gasteiger charge is 2.17. The maximum absolute atomic E-state index is 6.52. The van der Waals surface area contributed by atoms with E-state index in [0.29, 0.717) is 6.61 Å². The summed E-state index contributed by atoms with van der Waals surface area (Å²) in [4.78, 5) is 0. The first-order chi connectivity index (χ1) is 22.4. The van der Waals surface area contributed by atoms with Gasteiger partial charge in [0.25, 0.3) is 0 Å². The molecule has 0 N–H and O–H groups in total. The summed E-state index contributed by atoms with van der Waals surface area (Å²) < 4.78 is 16.7. The predicted molar refractivity (Wildman–Crippen MR) is 191 cm³/mol. The van der Waals surface area contributed by atoms with Gasteiger partial charge < -0.3 is 18.6 Å². The van der Waals surface area contributed by atoms with Crippen LogP contribution in [0.4, 0.5) is 0 Å². The molecule has 2 aromatic heterocycles.